The van der Waals surface area contributed by atoms with E-state index in [1.165, 1.54) is 30.9 Å². The minimum atomic E-state index is -0.887. The Morgan fingerprint density at radius 3 is 2.53 bits per heavy atom. The first-order valence-corrected chi connectivity index (χ1v) is 4.46. The molecular weight excluding hydrogens is 195 g/mol. The van der Waals surface area contributed by atoms with Gasteiger partial charge in [-0.2, -0.15) is 0 Å². The van der Waals surface area contributed by atoms with Crippen molar-refractivity contribution in [1.29, 1.82) is 0 Å². The van der Waals surface area contributed by atoms with Crippen molar-refractivity contribution in [1.82, 2.24) is 9.97 Å². The molecule has 1 aromatic carbocycles. The van der Waals surface area contributed by atoms with Crippen LogP contribution in [-0.4, -0.2) is 15.1 Å². The fourth-order valence-corrected chi connectivity index (χ4v) is 1.32. The quantitative estimate of drug-likeness (QED) is 0.809. The summed E-state index contributed by atoms with van der Waals surface area (Å²) in [5.74, 6) is -0.372. The van der Waals surface area contributed by atoms with Gasteiger partial charge in [0.1, 0.15) is 18.2 Å². The van der Waals surface area contributed by atoms with Gasteiger partial charge in [0.2, 0.25) is 0 Å². The molecule has 0 saturated carbocycles. The summed E-state index contributed by atoms with van der Waals surface area (Å²) in [5.41, 5.74) is 1.04. The lowest BCUT2D eigenvalue weighted by Crippen LogP contribution is -2.01. The molecular formula is C11H9FN2O. The summed E-state index contributed by atoms with van der Waals surface area (Å²) in [6.07, 6.45) is 3.49. The molecule has 0 radical (unpaired) electrons. The van der Waals surface area contributed by atoms with E-state index in [2.05, 4.69) is 9.97 Å². The predicted octanol–water partition coefficient (Wildman–Crippen LogP) is 1.70. The Labute approximate surface area is 86.3 Å². The third-order valence-electron chi connectivity index (χ3n) is 2.06. The third kappa shape index (κ3) is 2.16. The second kappa shape index (κ2) is 4.14. The molecule has 3 nitrogen and oxygen atoms in total. The third-order valence-corrected chi connectivity index (χ3v) is 2.06. The molecule has 4 heteroatoms. The van der Waals surface area contributed by atoms with Crippen LogP contribution in [0.15, 0.2) is 43.0 Å². The fraction of sp³-hybridized carbons (Fsp3) is 0.0909. The van der Waals surface area contributed by atoms with Crippen LogP contribution in [-0.2, 0) is 0 Å². The molecule has 0 amide bonds. The maximum Gasteiger partial charge on any atom is 0.123 e. The Morgan fingerprint density at radius 1 is 1.13 bits per heavy atom. The minimum Gasteiger partial charge on any atom is -0.384 e. The first-order valence-electron chi connectivity index (χ1n) is 4.46. The van der Waals surface area contributed by atoms with Gasteiger partial charge in [0, 0.05) is 18.0 Å². The number of aromatic nitrogens is 2. The highest BCUT2D eigenvalue weighted by Crippen LogP contribution is 2.20. The molecule has 0 saturated heterocycles. The molecule has 15 heavy (non-hydrogen) atoms. The van der Waals surface area contributed by atoms with Crippen LogP contribution < -0.4 is 0 Å². The van der Waals surface area contributed by atoms with Crippen molar-refractivity contribution in [2.24, 2.45) is 0 Å². The van der Waals surface area contributed by atoms with Crippen molar-refractivity contribution in [2.45, 2.75) is 6.10 Å². The van der Waals surface area contributed by atoms with Gasteiger partial charge >= 0.3 is 0 Å². The molecule has 0 bridgehead atoms. The molecule has 0 aliphatic carbocycles. The van der Waals surface area contributed by atoms with Crippen molar-refractivity contribution in [2.75, 3.05) is 0 Å². The van der Waals surface area contributed by atoms with Gasteiger partial charge in [0.25, 0.3) is 0 Å². The topological polar surface area (TPSA) is 46.0 Å². The van der Waals surface area contributed by atoms with Crippen LogP contribution >= 0.6 is 0 Å². The standard InChI is InChI=1S/C11H9FN2O/c12-10-3-1-2-8(4-10)11(15)9-5-13-7-14-6-9/h1-7,11,15H. The van der Waals surface area contributed by atoms with Gasteiger partial charge in [0.05, 0.1) is 0 Å². The average Bonchev–Trinajstić information content (AvgIpc) is 2.29. The molecule has 1 N–H and O–H groups in total. The molecule has 1 heterocycles. The van der Waals surface area contributed by atoms with Crippen LogP contribution in [0.2, 0.25) is 0 Å². The second-order valence-corrected chi connectivity index (χ2v) is 3.13. The van der Waals surface area contributed by atoms with E-state index in [4.69, 9.17) is 0 Å². The van der Waals surface area contributed by atoms with Crippen LogP contribution in [0.4, 0.5) is 4.39 Å². The zero-order valence-electron chi connectivity index (χ0n) is 7.84. The van der Waals surface area contributed by atoms with Gasteiger partial charge in [-0.25, -0.2) is 14.4 Å². The number of rotatable bonds is 2. The molecule has 0 aliphatic rings. The van der Waals surface area contributed by atoms with Crippen LogP contribution in [0.5, 0.6) is 0 Å². The number of hydrogen-bond donors (Lipinski definition) is 1. The molecule has 76 valence electrons. The number of hydrogen-bond acceptors (Lipinski definition) is 3. The molecule has 2 aromatic rings. The highest BCUT2D eigenvalue weighted by Gasteiger charge is 2.10. The zero-order valence-corrected chi connectivity index (χ0v) is 7.84. The van der Waals surface area contributed by atoms with Crippen LogP contribution in [0.1, 0.15) is 17.2 Å². The summed E-state index contributed by atoms with van der Waals surface area (Å²) < 4.78 is 12.9. The lowest BCUT2D eigenvalue weighted by Gasteiger charge is -2.09. The Kier molecular flexibility index (Phi) is 2.69. The van der Waals surface area contributed by atoms with Gasteiger partial charge in [-0.15, -0.1) is 0 Å². The van der Waals surface area contributed by atoms with E-state index in [9.17, 15) is 9.50 Å². The van der Waals surface area contributed by atoms with Gasteiger partial charge < -0.3 is 5.11 Å². The highest BCUT2D eigenvalue weighted by atomic mass is 19.1. The minimum absolute atomic E-state index is 0.372. The van der Waals surface area contributed by atoms with Gasteiger partial charge in [0.15, 0.2) is 0 Å². The molecule has 1 aromatic heterocycles. The zero-order chi connectivity index (χ0) is 10.7. The van der Waals surface area contributed by atoms with E-state index in [1.807, 2.05) is 0 Å². The van der Waals surface area contributed by atoms with Gasteiger partial charge in [-0.3, -0.25) is 0 Å². The Bertz CT molecular complexity index is 447. The SMILES string of the molecule is OC(c1cncnc1)c1cccc(F)c1. The normalized spacial score (nSPS) is 12.4. The maximum atomic E-state index is 12.9. The second-order valence-electron chi connectivity index (χ2n) is 3.13. The lowest BCUT2D eigenvalue weighted by molar-refractivity contribution is 0.219. The maximum absolute atomic E-state index is 12.9. The number of nitrogens with zero attached hydrogens (tertiary/aromatic N) is 2. The van der Waals surface area contributed by atoms with Gasteiger partial charge in [-0.05, 0) is 17.7 Å². The van der Waals surface area contributed by atoms with E-state index in [0.717, 1.165) is 0 Å². The number of aliphatic hydroxyl groups excluding tert-OH is 1. The largest absolute Gasteiger partial charge is 0.384 e. The van der Waals surface area contributed by atoms with Crippen molar-refractivity contribution in [3.8, 4) is 0 Å². The molecule has 0 fully saturated rings. The first kappa shape index (κ1) is 9.73. The summed E-state index contributed by atoms with van der Waals surface area (Å²) in [6.45, 7) is 0. The lowest BCUT2D eigenvalue weighted by atomic mass is 10.0. The monoisotopic (exact) mass is 204 g/mol. The first-order chi connectivity index (χ1) is 7.27. The molecule has 0 spiro atoms. The summed E-state index contributed by atoms with van der Waals surface area (Å²) >= 11 is 0. The summed E-state index contributed by atoms with van der Waals surface area (Å²) in [7, 11) is 0. The summed E-state index contributed by atoms with van der Waals surface area (Å²) in [4.78, 5) is 7.58. The highest BCUT2D eigenvalue weighted by molar-refractivity contribution is 5.26. The van der Waals surface area contributed by atoms with Crippen molar-refractivity contribution in [3.63, 3.8) is 0 Å². The van der Waals surface area contributed by atoms with Crippen LogP contribution in [0.3, 0.4) is 0 Å². The number of aliphatic hydroxyl groups is 1. The van der Waals surface area contributed by atoms with Crippen molar-refractivity contribution in [3.05, 3.63) is 59.9 Å². The molecule has 1 unspecified atom stereocenters. The smallest absolute Gasteiger partial charge is 0.123 e. The molecule has 0 aliphatic heterocycles. The van der Waals surface area contributed by atoms with Crippen molar-refractivity contribution < 1.29 is 9.50 Å². The Morgan fingerprint density at radius 2 is 1.87 bits per heavy atom. The predicted molar refractivity (Wildman–Crippen MR) is 52.5 cm³/mol. The Hall–Kier alpha value is -1.81. The summed E-state index contributed by atoms with van der Waals surface area (Å²) in [5, 5.41) is 9.87. The summed E-state index contributed by atoms with van der Waals surface area (Å²) in [6, 6.07) is 5.83. The van der Waals surface area contributed by atoms with Gasteiger partial charge in [-0.1, -0.05) is 12.1 Å². The van der Waals surface area contributed by atoms with E-state index >= 15 is 0 Å². The number of benzene rings is 1. The van der Waals surface area contributed by atoms with E-state index in [1.54, 1.807) is 12.1 Å². The molecule has 2 rings (SSSR count). The molecule has 1 atom stereocenters. The van der Waals surface area contributed by atoms with Crippen LogP contribution in [0.25, 0.3) is 0 Å². The van der Waals surface area contributed by atoms with E-state index in [-0.39, 0.29) is 5.82 Å². The average molecular weight is 204 g/mol. The van der Waals surface area contributed by atoms with Crippen LogP contribution in [0, 0.1) is 5.82 Å². The van der Waals surface area contributed by atoms with Crippen molar-refractivity contribution >= 4 is 0 Å². The fourth-order valence-electron chi connectivity index (χ4n) is 1.32. The number of halogens is 1. The Balaban J connectivity index is 2.32. The van der Waals surface area contributed by atoms with E-state index in [0.29, 0.717) is 11.1 Å². The van der Waals surface area contributed by atoms with E-state index < -0.39 is 6.10 Å².